The molecule has 0 aliphatic carbocycles. The van der Waals surface area contributed by atoms with E-state index in [0.29, 0.717) is 24.3 Å². The molecular weight excluding hydrogens is 340 g/mol. The highest BCUT2D eigenvalue weighted by Gasteiger charge is 2.33. The zero-order chi connectivity index (χ0) is 19.4. The minimum Gasteiger partial charge on any atom is -0.373 e. The predicted molar refractivity (Wildman–Crippen MR) is 106 cm³/mol. The van der Waals surface area contributed by atoms with Gasteiger partial charge in [0, 0.05) is 24.3 Å². The van der Waals surface area contributed by atoms with Gasteiger partial charge in [0.05, 0.1) is 12.2 Å². The second-order valence-electron chi connectivity index (χ2n) is 7.15. The first kappa shape index (κ1) is 19.3. The molecular formula is C22H26N2O3. The quantitative estimate of drug-likeness (QED) is 0.820. The van der Waals surface area contributed by atoms with Crippen LogP contribution in [0.25, 0.3) is 0 Å². The third-order valence-corrected chi connectivity index (χ3v) is 4.71. The van der Waals surface area contributed by atoms with Gasteiger partial charge in [-0.2, -0.15) is 0 Å². The molecule has 0 spiro atoms. The first-order valence-corrected chi connectivity index (χ1v) is 9.30. The molecule has 0 aromatic heterocycles. The van der Waals surface area contributed by atoms with E-state index >= 15 is 0 Å². The number of nitrogens with zero attached hydrogens (tertiary/aromatic N) is 1. The highest BCUT2D eigenvalue weighted by atomic mass is 16.5. The van der Waals surface area contributed by atoms with Crippen LogP contribution < -0.4 is 5.32 Å². The van der Waals surface area contributed by atoms with Crippen molar-refractivity contribution >= 4 is 17.4 Å². The Morgan fingerprint density at radius 2 is 1.70 bits per heavy atom. The van der Waals surface area contributed by atoms with Gasteiger partial charge in [0.15, 0.2) is 5.78 Å². The Morgan fingerprint density at radius 1 is 1.04 bits per heavy atom. The maximum Gasteiger partial charge on any atom is 0.246 e. The number of carbonyl (C=O) groups excluding carboxylic acids is 2. The van der Waals surface area contributed by atoms with Gasteiger partial charge in [-0.05, 0) is 38.5 Å². The van der Waals surface area contributed by atoms with Crippen molar-refractivity contribution in [2.75, 3.05) is 18.4 Å². The number of rotatable bonds is 5. The summed E-state index contributed by atoms with van der Waals surface area (Å²) >= 11 is 0. The van der Waals surface area contributed by atoms with E-state index in [2.05, 4.69) is 10.2 Å². The Morgan fingerprint density at radius 3 is 2.33 bits per heavy atom. The number of carbonyl (C=O) groups is 2. The smallest absolute Gasteiger partial charge is 0.246 e. The summed E-state index contributed by atoms with van der Waals surface area (Å²) in [5, 5.41) is 2.99. The Hall–Kier alpha value is -2.50. The molecule has 1 N–H and O–H groups in total. The zero-order valence-electron chi connectivity index (χ0n) is 16.0. The molecule has 1 saturated heterocycles. The molecule has 1 fully saturated rings. The normalized spacial score (nSPS) is 21.4. The van der Waals surface area contributed by atoms with Crippen LogP contribution in [-0.4, -0.2) is 41.9 Å². The number of Topliss-reactive ketones (excluding diaryl/α,β-unsaturated/α-hetero) is 1. The van der Waals surface area contributed by atoms with Crippen molar-refractivity contribution in [3.8, 4) is 0 Å². The van der Waals surface area contributed by atoms with E-state index in [4.69, 9.17) is 4.74 Å². The second kappa shape index (κ2) is 8.46. The molecule has 1 amide bonds. The van der Waals surface area contributed by atoms with Gasteiger partial charge in [0.1, 0.15) is 6.04 Å². The molecule has 5 heteroatoms. The number of hydrogen-bond donors (Lipinski definition) is 1. The lowest BCUT2D eigenvalue weighted by Crippen LogP contribution is -2.49. The lowest BCUT2D eigenvalue weighted by molar-refractivity contribution is -0.128. The van der Waals surface area contributed by atoms with E-state index in [9.17, 15) is 9.59 Å². The van der Waals surface area contributed by atoms with Gasteiger partial charge in [-0.15, -0.1) is 0 Å². The van der Waals surface area contributed by atoms with Crippen LogP contribution in [0.3, 0.4) is 0 Å². The fraction of sp³-hybridized carbons (Fsp3) is 0.364. The average Bonchev–Trinajstić information content (AvgIpc) is 2.62. The molecule has 0 radical (unpaired) electrons. The molecule has 1 aliphatic rings. The molecule has 1 heterocycles. The molecule has 1 aliphatic heterocycles. The van der Waals surface area contributed by atoms with Crippen molar-refractivity contribution in [2.24, 2.45) is 0 Å². The fourth-order valence-electron chi connectivity index (χ4n) is 3.62. The first-order valence-electron chi connectivity index (χ1n) is 9.30. The van der Waals surface area contributed by atoms with Crippen LogP contribution in [0.5, 0.6) is 0 Å². The van der Waals surface area contributed by atoms with E-state index in [1.807, 2.05) is 44.2 Å². The zero-order valence-corrected chi connectivity index (χ0v) is 16.0. The standard InChI is InChI=1S/C22H26N2O3/c1-15-13-24(14-16(2)27-15)21(18-8-5-4-6-9-18)22(26)23-20-11-7-10-19(12-20)17(3)25/h4-12,15-16,21H,13-14H2,1-3H3,(H,23,26)/t15-,16-,21-/m0/s1. The number of morpholine rings is 1. The van der Waals surface area contributed by atoms with Crippen LogP contribution in [0.4, 0.5) is 5.69 Å². The highest BCUT2D eigenvalue weighted by molar-refractivity contribution is 5.98. The summed E-state index contributed by atoms with van der Waals surface area (Å²) in [7, 11) is 0. The summed E-state index contributed by atoms with van der Waals surface area (Å²) in [5.74, 6) is -0.135. The molecule has 5 nitrogen and oxygen atoms in total. The molecule has 3 rings (SSSR count). The van der Waals surface area contributed by atoms with Gasteiger partial charge in [-0.25, -0.2) is 0 Å². The maximum atomic E-state index is 13.2. The maximum absolute atomic E-state index is 13.2. The van der Waals surface area contributed by atoms with Crippen molar-refractivity contribution in [3.63, 3.8) is 0 Å². The predicted octanol–water partition coefficient (Wildman–Crippen LogP) is 3.68. The third-order valence-electron chi connectivity index (χ3n) is 4.71. The lowest BCUT2D eigenvalue weighted by Gasteiger charge is -2.39. The van der Waals surface area contributed by atoms with Gasteiger partial charge in [0.2, 0.25) is 5.91 Å². The van der Waals surface area contributed by atoms with Gasteiger partial charge in [0.25, 0.3) is 0 Å². The summed E-state index contributed by atoms with van der Waals surface area (Å²) in [5.41, 5.74) is 2.15. The number of anilines is 1. The Balaban J connectivity index is 1.87. The van der Waals surface area contributed by atoms with Crippen LogP contribution in [0, 0.1) is 0 Å². The van der Waals surface area contributed by atoms with E-state index < -0.39 is 6.04 Å². The Labute approximate surface area is 160 Å². The van der Waals surface area contributed by atoms with E-state index in [-0.39, 0.29) is 23.9 Å². The molecule has 0 bridgehead atoms. The number of nitrogens with one attached hydrogen (secondary N) is 1. The van der Waals surface area contributed by atoms with Crippen LogP contribution in [0.2, 0.25) is 0 Å². The lowest BCUT2D eigenvalue weighted by atomic mass is 10.0. The van der Waals surface area contributed by atoms with Gasteiger partial charge in [-0.3, -0.25) is 14.5 Å². The summed E-state index contributed by atoms with van der Waals surface area (Å²) < 4.78 is 5.83. The summed E-state index contributed by atoms with van der Waals surface area (Å²) in [6.07, 6.45) is 0.127. The second-order valence-corrected chi connectivity index (χ2v) is 7.15. The largest absolute Gasteiger partial charge is 0.373 e. The highest BCUT2D eigenvalue weighted by Crippen LogP contribution is 2.27. The number of benzene rings is 2. The molecule has 27 heavy (non-hydrogen) atoms. The van der Waals surface area contributed by atoms with Crippen molar-refractivity contribution in [1.29, 1.82) is 0 Å². The Bertz CT molecular complexity index is 796. The number of hydrogen-bond acceptors (Lipinski definition) is 4. The van der Waals surface area contributed by atoms with E-state index in [1.165, 1.54) is 6.92 Å². The van der Waals surface area contributed by atoms with Crippen molar-refractivity contribution in [3.05, 3.63) is 65.7 Å². The first-order chi connectivity index (χ1) is 12.9. The number of ether oxygens (including phenoxy) is 1. The minimum absolute atomic E-state index is 0.0264. The topological polar surface area (TPSA) is 58.6 Å². The Kier molecular flexibility index (Phi) is 6.04. The summed E-state index contributed by atoms with van der Waals surface area (Å²) in [4.78, 5) is 27.0. The SMILES string of the molecule is CC(=O)c1cccc(NC(=O)[C@H](c2ccccc2)N2C[C@H](C)O[C@@H](C)C2)c1. The minimum atomic E-state index is -0.416. The third kappa shape index (κ3) is 4.81. The molecule has 2 aromatic rings. The molecule has 3 atom stereocenters. The van der Waals surface area contributed by atoms with Gasteiger partial charge >= 0.3 is 0 Å². The van der Waals surface area contributed by atoms with E-state index in [0.717, 1.165) is 5.56 Å². The van der Waals surface area contributed by atoms with Gasteiger partial charge < -0.3 is 10.1 Å². The van der Waals surface area contributed by atoms with Crippen molar-refractivity contribution in [1.82, 2.24) is 4.90 Å². The van der Waals surface area contributed by atoms with E-state index in [1.54, 1.807) is 24.3 Å². The summed E-state index contributed by atoms with van der Waals surface area (Å²) in [6, 6.07) is 16.4. The van der Waals surface area contributed by atoms with Crippen LogP contribution in [0.15, 0.2) is 54.6 Å². The average molecular weight is 366 g/mol. The van der Waals surface area contributed by atoms with Crippen LogP contribution in [-0.2, 0) is 9.53 Å². The molecule has 0 unspecified atom stereocenters. The van der Waals surface area contributed by atoms with Crippen molar-refractivity contribution < 1.29 is 14.3 Å². The monoisotopic (exact) mass is 366 g/mol. The molecule has 142 valence electrons. The fourth-order valence-corrected chi connectivity index (χ4v) is 3.62. The van der Waals surface area contributed by atoms with Crippen LogP contribution in [0.1, 0.15) is 42.7 Å². The van der Waals surface area contributed by atoms with Crippen molar-refractivity contribution in [2.45, 2.75) is 39.0 Å². The molecule has 2 aromatic carbocycles. The number of amides is 1. The number of ketones is 1. The summed E-state index contributed by atoms with van der Waals surface area (Å²) in [6.45, 7) is 6.94. The molecule has 0 saturated carbocycles. The van der Waals surface area contributed by atoms with Crippen LogP contribution >= 0.6 is 0 Å². The van der Waals surface area contributed by atoms with Gasteiger partial charge in [-0.1, -0.05) is 42.5 Å².